The van der Waals surface area contributed by atoms with E-state index in [0.717, 1.165) is 12.8 Å². The molecule has 0 saturated carbocycles. The van der Waals surface area contributed by atoms with Gasteiger partial charge in [0.2, 0.25) is 0 Å². The van der Waals surface area contributed by atoms with Crippen LogP contribution in [0.4, 0.5) is 0 Å². The second-order valence-corrected chi connectivity index (χ2v) is 5.21. The van der Waals surface area contributed by atoms with Gasteiger partial charge in [-0.15, -0.1) is 0 Å². The fourth-order valence-electron chi connectivity index (χ4n) is 2.34. The lowest BCUT2D eigenvalue weighted by atomic mass is 10.0. The summed E-state index contributed by atoms with van der Waals surface area (Å²) >= 11 is 0. The van der Waals surface area contributed by atoms with Gasteiger partial charge >= 0.3 is 5.97 Å². The number of hydrogen-bond donors (Lipinski definition) is 1. The zero-order valence-electron chi connectivity index (χ0n) is 11.1. The molecule has 0 spiro atoms. The average Bonchev–Trinajstić information content (AvgIpc) is 2.14. The van der Waals surface area contributed by atoms with Gasteiger partial charge in [0, 0.05) is 6.42 Å². The van der Waals surface area contributed by atoms with Crippen molar-refractivity contribution in [1.29, 1.82) is 0 Å². The van der Waals surface area contributed by atoms with Crippen LogP contribution in [0.5, 0.6) is 0 Å². The summed E-state index contributed by atoms with van der Waals surface area (Å²) in [6.45, 7) is 5.88. The summed E-state index contributed by atoms with van der Waals surface area (Å²) in [6, 6.07) is 0. The van der Waals surface area contributed by atoms with Gasteiger partial charge in [-0.1, -0.05) is 26.2 Å². The van der Waals surface area contributed by atoms with E-state index in [2.05, 4.69) is 6.92 Å². The van der Waals surface area contributed by atoms with Crippen LogP contribution in [0.2, 0.25) is 0 Å². The molecule has 0 aromatic heterocycles. The minimum atomic E-state index is -0.806. The maximum absolute atomic E-state index is 10.7. The molecule has 0 aromatic rings. The lowest BCUT2D eigenvalue weighted by molar-refractivity contribution is -0.300. The van der Waals surface area contributed by atoms with Gasteiger partial charge in [-0.3, -0.25) is 4.79 Å². The second kappa shape index (κ2) is 6.36. The van der Waals surface area contributed by atoms with Gasteiger partial charge in [0.05, 0.1) is 18.6 Å². The number of aliphatic carboxylic acids is 1. The van der Waals surface area contributed by atoms with Crippen LogP contribution in [-0.2, 0) is 14.3 Å². The molecule has 1 fully saturated rings. The molecule has 0 bridgehead atoms. The molecule has 1 saturated heterocycles. The molecule has 1 rings (SSSR count). The minimum Gasteiger partial charge on any atom is -0.481 e. The highest BCUT2D eigenvalue weighted by atomic mass is 16.7. The summed E-state index contributed by atoms with van der Waals surface area (Å²) in [7, 11) is 0. The third-order valence-corrected chi connectivity index (χ3v) is 2.96. The summed E-state index contributed by atoms with van der Waals surface area (Å²) in [6.07, 6.45) is 5.19. The Bertz CT molecular complexity index is 250. The number of carbonyl (C=O) groups is 1. The van der Waals surface area contributed by atoms with E-state index in [1.165, 1.54) is 12.8 Å². The number of carboxylic acids is 1. The van der Waals surface area contributed by atoms with Crippen LogP contribution >= 0.6 is 0 Å². The number of hydrogen-bond acceptors (Lipinski definition) is 3. The summed E-state index contributed by atoms with van der Waals surface area (Å²) in [5.74, 6) is -1.46. The smallest absolute Gasteiger partial charge is 0.305 e. The van der Waals surface area contributed by atoms with E-state index in [4.69, 9.17) is 14.6 Å². The number of unbranched alkanes of at least 4 members (excludes halogenated alkanes) is 2. The van der Waals surface area contributed by atoms with Gasteiger partial charge in [-0.2, -0.15) is 0 Å². The first-order chi connectivity index (χ1) is 7.93. The van der Waals surface area contributed by atoms with Crippen LogP contribution in [0, 0.1) is 0 Å². The SMILES string of the molecule is CCCCC[C@@H]1C[C@H](CC(=O)O)OC(C)(C)O1. The van der Waals surface area contributed by atoms with Crippen molar-refractivity contribution >= 4 is 5.97 Å². The van der Waals surface area contributed by atoms with Crippen molar-refractivity contribution in [2.24, 2.45) is 0 Å². The molecule has 1 N–H and O–H groups in total. The molecular formula is C13H24O4. The second-order valence-electron chi connectivity index (χ2n) is 5.21. The normalized spacial score (nSPS) is 27.9. The van der Waals surface area contributed by atoms with Gasteiger partial charge in [-0.25, -0.2) is 0 Å². The van der Waals surface area contributed by atoms with Crippen molar-refractivity contribution in [2.75, 3.05) is 0 Å². The van der Waals surface area contributed by atoms with Crippen molar-refractivity contribution in [3.63, 3.8) is 0 Å². The molecule has 2 atom stereocenters. The third-order valence-electron chi connectivity index (χ3n) is 2.96. The fraction of sp³-hybridized carbons (Fsp3) is 0.923. The van der Waals surface area contributed by atoms with Crippen LogP contribution in [0.15, 0.2) is 0 Å². The van der Waals surface area contributed by atoms with E-state index >= 15 is 0 Å². The topological polar surface area (TPSA) is 55.8 Å². The summed E-state index contributed by atoms with van der Waals surface area (Å²) < 4.78 is 11.4. The molecule has 1 aliphatic heterocycles. The summed E-state index contributed by atoms with van der Waals surface area (Å²) in [4.78, 5) is 10.7. The Morgan fingerprint density at radius 1 is 1.29 bits per heavy atom. The zero-order chi connectivity index (χ0) is 12.9. The first kappa shape index (κ1) is 14.5. The molecular weight excluding hydrogens is 220 g/mol. The lowest BCUT2D eigenvalue weighted by Crippen LogP contribution is -2.45. The maximum Gasteiger partial charge on any atom is 0.305 e. The highest BCUT2D eigenvalue weighted by Gasteiger charge is 2.35. The average molecular weight is 244 g/mol. The number of ether oxygens (including phenoxy) is 2. The van der Waals surface area contributed by atoms with Crippen molar-refractivity contribution in [1.82, 2.24) is 0 Å². The van der Waals surface area contributed by atoms with E-state index in [0.29, 0.717) is 6.42 Å². The molecule has 1 aliphatic rings. The van der Waals surface area contributed by atoms with Gasteiger partial charge in [0.25, 0.3) is 0 Å². The Labute approximate surface area is 103 Å². The quantitative estimate of drug-likeness (QED) is 0.730. The molecule has 0 aromatic carbocycles. The highest BCUT2D eigenvalue weighted by Crippen LogP contribution is 2.30. The van der Waals surface area contributed by atoms with Gasteiger partial charge < -0.3 is 14.6 Å². The van der Waals surface area contributed by atoms with E-state index in [9.17, 15) is 4.79 Å². The van der Waals surface area contributed by atoms with Crippen LogP contribution in [0.1, 0.15) is 59.3 Å². The van der Waals surface area contributed by atoms with Crippen LogP contribution in [0.3, 0.4) is 0 Å². The molecule has 0 aliphatic carbocycles. The van der Waals surface area contributed by atoms with Gasteiger partial charge in [0.15, 0.2) is 5.79 Å². The fourth-order valence-corrected chi connectivity index (χ4v) is 2.34. The van der Waals surface area contributed by atoms with Crippen molar-refractivity contribution < 1.29 is 19.4 Å². The Kier molecular flexibility index (Phi) is 5.40. The number of rotatable bonds is 6. The van der Waals surface area contributed by atoms with E-state index in [1.54, 1.807) is 0 Å². The molecule has 100 valence electrons. The predicted octanol–water partition coefficient (Wildman–Crippen LogP) is 2.95. The monoisotopic (exact) mass is 244 g/mol. The van der Waals surface area contributed by atoms with Crippen molar-refractivity contribution in [2.45, 2.75) is 77.3 Å². The molecule has 4 nitrogen and oxygen atoms in total. The minimum absolute atomic E-state index is 0.0665. The molecule has 0 unspecified atom stereocenters. The van der Waals surface area contributed by atoms with Crippen LogP contribution < -0.4 is 0 Å². The van der Waals surface area contributed by atoms with Crippen LogP contribution in [-0.4, -0.2) is 29.1 Å². The molecule has 0 amide bonds. The zero-order valence-corrected chi connectivity index (χ0v) is 11.1. The largest absolute Gasteiger partial charge is 0.481 e. The van der Waals surface area contributed by atoms with Crippen molar-refractivity contribution in [3.8, 4) is 0 Å². The standard InChI is InChI=1S/C13H24O4/c1-4-5-6-7-10-8-11(9-12(14)15)17-13(2,3)16-10/h10-11H,4-9H2,1-3H3,(H,14,15)/t10-,11-/m1/s1. The Morgan fingerprint density at radius 3 is 2.53 bits per heavy atom. The highest BCUT2D eigenvalue weighted by molar-refractivity contribution is 5.67. The van der Waals surface area contributed by atoms with E-state index in [1.807, 2.05) is 13.8 Å². The molecule has 0 radical (unpaired) electrons. The van der Waals surface area contributed by atoms with Gasteiger partial charge in [-0.05, 0) is 20.3 Å². The van der Waals surface area contributed by atoms with Gasteiger partial charge in [0.1, 0.15) is 0 Å². The molecule has 17 heavy (non-hydrogen) atoms. The molecule has 4 heteroatoms. The first-order valence-electron chi connectivity index (χ1n) is 6.50. The Morgan fingerprint density at radius 2 is 1.94 bits per heavy atom. The maximum atomic E-state index is 10.7. The third kappa shape index (κ3) is 5.50. The first-order valence-corrected chi connectivity index (χ1v) is 6.50. The van der Waals surface area contributed by atoms with E-state index in [-0.39, 0.29) is 18.6 Å². The number of carboxylic acid groups (broad SMARTS) is 1. The summed E-state index contributed by atoms with van der Waals surface area (Å²) in [5, 5.41) is 8.82. The van der Waals surface area contributed by atoms with E-state index < -0.39 is 11.8 Å². The summed E-state index contributed by atoms with van der Waals surface area (Å²) in [5.41, 5.74) is 0. The predicted molar refractivity (Wildman–Crippen MR) is 64.8 cm³/mol. The van der Waals surface area contributed by atoms with Crippen molar-refractivity contribution in [3.05, 3.63) is 0 Å². The Hall–Kier alpha value is -0.610. The Balaban J connectivity index is 2.46. The molecule has 1 heterocycles. The lowest BCUT2D eigenvalue weighted by Gasteiger charge is -2.40. The van der Waals surface area contributed by atoms with Crippen LogP contribution in [0.25, 0.3) is 0 Å².